The number of hydrogen-bond acceptors (Lipinski definition) is 5. The van der Waals surface area contributed by atoms with E-state index in [1.54, 1.807) is 16.7 Å². The zero-order valence-electron chi connectivity index (χ0n) is 18.1. The van der Waals surface area contributed by atoms with Gasteiger partial charge in [-0.15, -0.1) is 11.8 Å². The Kier molecular flexibility index (Phi) is 6.53. The van der Waals surface area contributed by atoms with Crippen molar-refractivity contribution >= 4 is 29.5 Å². The van der Waals surface area contributed by atoms with E-state index >= 15 is 0 Å². The number of carbonyl (C=O) groups excluding carboxylic acids is 3. The van der Waals surface area contributed by atoms with E-state index in [2.05, 4.69) is 17.6 Å². The molecule has 164 valence electrons. The van der Waals surface area contributed by atoms with Gasteiger partial charge in [-0.3, -0.25) is 14.4 Å². The van der Waals surface area contributed by atoms with Crippen LogP contribution in [0.3, 0.4) is 0 Å². The summed E-state index contributed by atoms with van der Waals surface area (Å²) < 4.78 is -0.614. The van der Waals surface area contributed by atoms with Crippen LogP contribution in [0, 0.1) is 17.8 Å². The van der Waals surface area contributed by atoms with Gasteiger partial charge in [0, 0.05) is 17.8 Å². The molecule has 0 radical (unpaired) electrons. The van der Waals surface area contributed by atoms with Crippen molar-refractivity contribution in [3.8, 4) is 0 Å². The first-order chi connectivity index (χ1) is 13.7. The van der Waals surface area contributed by atoms with Crippen molar-refractivity contribution < 1.29 is 19.5 Å². The molecule has 3 aliphatic heterocycles. The molecule has 8 heteroatoms. The maximum absolute atomic E-state index is 13.7. The fourth-order valence-corrected chi connectivity index (χ4v) is 8.00. The van der Waals surface area contributed by atoms with Gasteiger partial charge in [-0.2, -0.15) is 0 Å². The summed E-state index contributed by atoms with van der Waals surface area (Å²) in [6, 6.07) is -1.13. The Bertz CT molecular complexity index is 668. The van der Waals surface area contributed by atoms with Gasteiger partial charge >= 0.3 is 0 Å². The van der Waals surface area contributed by atoms with Crippen LogP contribution in [0.1, 0.15) is 53.9 Å². The van der Waals surface area contributed by atoms with Crippen molar-refractivity contribution in [1.29, 1.82) is 0 Å². The molecule has 0 aliphatic carbocycles. The van der Waals surface area contributed by atoms with E-state index in [1.165, 1.54) is 0 Å². The number of nitrogens with zero attached hydrogens (tertiary/aromatic N) is 1. The van der Waals surface area contributed by atoms with Crippen LogP contribution in [0.25, 0.3) is 0 Å². The van der Waals surface area contributed by atoms with Gasteiger partial charge in [-0.25, -0.2) is 0 Å². The third-order valence-electron chi connectivity index (χ3n) is 6.79. The fraction of sp³-hybridized carbons (Fsp3) is 0.857. The molecule has 3 unspecified atom stereocenters. The molecule has 0 aromatic heterocycles. The van der Waals surface area contributed by atoms with Crippen molar-refractivity contribution in [3.05, 3.63) is 0 Å². The molecule has 3 rings (SSSR count). The number of fused-ring (bicyclic) bond motifs is 1. The van der Waals surface area contributed by atoms with Gasteiger partial charge in [0.1, 0.15) is 6.04 Å². The van der Waals surface area contributed by atoms with Crippen LogP contribution in [-0.2, 0) is 14.4 Å². The SMILES string of the molecule is CCCNC(=O)[C@@H]1[C@H]2C(=O)N([C@@H](CC)CO)C(C(=O)NC(C)C)C23S[C@@H]1CC3C. The minimum atomic E-state index is -0.659. The lowest BCUT2D eigenvalue weighted by Gasteiger charge is -2.40. The van der Waals surface area contributed by atoms with Crippen LogP contribution in [0.15, 0.2) is 0 Å². The van der Waals surface area contributed by atoms with Crippen LogP contribution >= 0.6 is 11.8 Å². The predicted molar refractivity (Wildman–Crippen MR) is 113 cm³/mol. The quantitative estimate of drug-likeness (QED) is 0.542. The van der Waals surface area contributed by atoms with Crippen LogP contribution in [0.4, 0.5) is 0 Å². The molecule has 3 heterocycles. The molecule has 2 bridgehead atoms. The monoisotopic (exact) mass is 425 g/mol. The minimum Gasteiger partial charge on any atom is -0.394 e. The summed E-state index contributed by atoms with van der Waals surface area (Å²) in [5.41, 5.74) is 0. The molecule has 3 N–H and O–H groups in total. The molecule has 3 fully saturated rings. The Morgan fingerprint density at radius 3 is 2.55 bits per heavy atom. The Balaban J connectivity index is 2.06. The summed E-state index contributed by atoms with van der Waals surface area (Å²) >= 11 is 1.67. The van der Waals surface area contributed by atoms with E-state index in [0.717, 1.165) is 12.8 Å². The molecule has 3 amide bonds. The van der Waals surface area contributed by atoms with E-state index in [9.17, 15) is 19.5 Å². The first-order valence-corrected chi connectivity index (χ1v) is 11.8. The smallest absolute Gasteiger partial charge is 0.244 e. The highest BCUT2D eigenvalue weighted by Crippen LogP contribution is 2.68. The molecule has 0 aromatic rings. The first-order valence-electron chi connectivity index (χ1n) is 10.9. The summed E-state index contributed by atoms with van der Waals surface area (Å²) in [5, 5.41) is 16.0. The molecule has 29 heavy (non-hydrogen) atoms. The highest BCUT2D eigenvalue weighted by atomic mass is 32.2. The molecular formula is C21H35N3O4S. The third-order valence-corrected chi connectivity index (χ3v) is 8.87. The number of thioether (sulfide) groups is 1. The largest absolute Gasteiger partial charge is 0.394 e. The van der Waals surface area contributed by atoms with Crippen molar-refractivity contribution in [3.63, 3.8) is 0 Å². The Morgan fingerprint density at radius 1 is 1.31 bits per heavy atom. The zero-order valence-corrected chi connectivity index (χ0v) is 18.9. The number of carbonyl (C=O) groups is 3. The van der Waals surface area contributed by atoms with Gasteiger partial charge in [-0.1, -0.05) is 20.8 Å². The van der Waals surface area contributed by atoms with E-state index < -0.39 is 28.7 Å². The van der Waals surface area contributed by atoms with E-state index in [-0.39, 0.29) is 41.5 Å². The topological polar surface area (TPSA) is 98.7 Å². The number of aliphatic hydroxyl groups is 1. The normalized spacial score (nSPS) is 36.4. The Hall–Kier alpha value is -1.28. The van der Waals surface area contributed by atoms with E-state index in [0.29, 0.717) is 13.0 Å². The Labute approximate surface area is 177 Å². The second kappa shape index (κ2) is 8.46. The van der Waals surface area contributed by atoms with Crippen LogP contribution in [0.2, 0.25) is 0 Å². The summed E-state index contributed by atoms with van der Waals surface area (Å²) in [7, 11) is 0. The fourth-order valence-electron chi connectivity index (χ4n) is 5.60. The van der Waals surface area contributed by atoms with Gasteiger partial charge in [-0.05, 0) is 39.0 Å². The number of amides is 3. The van der Waals surface area contributed by atoms with Gasteiger partial charge in [0.25, 0.3) is 0 Å². The van der Waals surface area contributed by atoms with E-state index in [4.69, 9.17) is 0 Å². The van der Waals surface area contributed by atoms with Gasteiger partial charge < -0.3 is 20.6 Å². The molecule has 7 atom stereocenters. The Morgan fingerprint density at radius 2 is 2.00 bits per heavy atom. The summed E-state index contributed by atoms with van der Waals surface area (Å²) in [6.07, 6.45) is 2.23. The number of nitrogens with one attached hydrogen (secondary N) is 2. The highest BCUT2D eigenvalue weighted by molar-refractivity contribution is 8.02. The lowest BCUT2D eigenvalue weighted by atomic mass is 9.66. The van der Waals surface area contributed by atoms with E-state index in [1.807, 2.05) is 27.7 Å². The molecule has 3 saturated heterocycles. The van der Waals surface area contributed by atoms with Crippen molar-refractivity contribution in [2.75, 3.05) is 13.2 Å². The summed E-state index contributed by atoms with van der Waals surface area (Å²) in [5.74, 6) is -1.16. The number of rotatable bonds is 8. The lowest BCUT2D eigenvalue weighted by Crippen LogP contribution is -2.59. The van der Waals surface area contributed by atoms with Gasteiger partial charge in [0.05, 0.1) is 29.2 Å². The zero-order chi connectivity index (χ0) is 21.5. The summed E-state index contributed by atoms with van der Waals surface area (Å²) in [6.45, 7) is 10.2. The van der Waals surface area contributed by atoms with Crippen molar-refractivity contribution in [1.82, 2.24) is 15.5 Å². The van der Waals surface area contributed by atoms with Crippen LogP contribution in [-0.4, -0.2) is 69.0 Å². The lowest BCUT2D eigenvalue weighted by molar-refractivity contribution is -0.143. The molecule has 7 nitrogen and oxygen atoms in total. The predicted octanol–water partition coefficient (Wildman–Crippen LogP) is 1.15. The van der Waals surface area contributed by atoms with Crippen molar-refractivity contribution in [2.24, 2.45) is 17.8 Å². The number of likely N-dealkylation sites (tertiary alicyclic amines) is 1. The number of aliphatic hydroxyl groups excluding tert-OH is 1. The van der Waals surface area contributed by atoms with Crippen LogP contribution < -0.4 is 10.6 Å². The average Bonchev–Trinajstić information content (AvgIpc) is 3.25. The summed E-state index contributed by atoms with van der Waals surface area (Å²) in [4.78, 5) is 41.7. The second-order valence-electron chi connectivity index (χ2n) is 9.00. The second-order valence-corrected chi connectivity index (χ2v) is 10.5. The minimum absolute atomic E-state index is 0.0494. The molecular weight excluding hydrogens is 390 g/mol. The average molecular weight is 426 g/mol. The molecule has 3 aliphatic rings. The molecule has 1 spiro atoms. The maximum atomic E-state index is 13.7. The standard InChI is InChI=1S/C21H35N3O4S/c1-6-8-22-18(26)15-14-9-12(5)21(29-14)16(15)20(28)24(13(7-2)10-25)17(21)19(27)23-11(3)4/h11-17,25H,6-10H2,1-5H3,(H,22,26)(H,23,27)/t12?,13-,14+,15-,16-,17?,21?/m0/s1. The molecule has 0 saturated carbocycles. The van der Waals surface area contributed by atoms with Gasteiger partial charge in [0.15, 0.2) is 0 Å². The third kappa shape index (κ3) is 3.36. The highest BCUT2D eigenvalue weighted by Gasteiger charge is 2.76. The molecule has 0 aromatic carbocycles. The maximum Gasteiger partial charge on any atom is 0.244 e. The number of hydrogen-bond donors (Lipinski definition) is 3. The van der Waals surface area contributed by atoms with Gasteiger partial charge in [0.2, 0.25) is 17.7 Å². The van der Waals surface area contributed by atoms with Crippen molar-refractivity contribution in [2.45, 2.75) is 82.0 Å². The van der Waals surface area contributed by atoms with Crippen LogP contribution in [0.5, 0.6) is 0 Å². The first kappa shape index (κ1) is 22.4.